The van der Waals surface area contributed by atoms with Crippen molar-refractivity contribution in [2.45, 2.75) is 0 Å². The maximum absolute atomic E-state index is 11.3. The Bertz CT molecular complexity index is 714. The van der Waals surface area contributed by atoms with Gasteiger partial charge in [-0.15, -0.1) is 0 Å². The fraction of sp³-hybridized carbons (Fsp3) is 0. The van der Waals surface area contributed by atoms with E-state index in [0.717, 1.165) is 22.0 Å². The smallest absolute Gasteiger partial charge is 0.248 e. The maximum atomic E-state index is 11.3. The molecule has 0 amide bonds. The molecule has 3 rings (SSSR count). The molecule has 0 aliphatic rings. The Morgan fingerprint density at radius 3 is 2.35 bits per heavy atom. The van der Waals surface area contributed by atoms with Crippen LogP contribution in [0.2, 0.25) is 0 Å². The number of benzene rings is 2. The van der Waals surface area contributed by atoms with Crippen LogP contribution in [0.3, 0.4) is 0 Å². The third-order valence-electron chi connectivity index (χ3n) is 2.83. The van der Waals surface area contributed by atoms with Crippen LogP contribution >= 0.6 is 0 Å². The third-order valence-corrected chi connectivity index (χ3v) is 2.83. The van der Waals surface area contributed by atoms with E-state index in [1.54, 1.807) is 6.07 Å². The predicted octanol–water partition coefficient (Wildman–Crippen LogP) is 3.20. The standard InChI is InChI=1S/C15H11NO/c17-15-9-8-12-6-7-13(10-14(12)16-15)11-4-2-1-3-5-11/h1-10H,(H,16,17). The number of aromatic amines is 1. The Morgan fingerprint density at radius 1 is 0.765 bits per heavy atom. The molecule has 0 saturated carbocycles. The van der Waals surface area contributed by atoms with Crippen LogP contribution in [-0.2, 0) is 0 Å². The summed E-state index contributed by atoms with van der Waals surface area (Å²) >= 11 is 0. The normalized spacial score (nSPS) is 10.6. The average Bonchev–Trinajstić information content (AvgIpc) is 2.39. The Labute approximate surface area is 98.6 Å². The number of hydrogen-bond acceptors (Lipinski definition) is 1. The summed E-state index contributed by atoms with van der Waals surface area (Å²) in [6.07, 6.45) is 0. The van der Waals surface area contributed by atoms with Crippen LogP contribution in [0.5, 0.6) is 0 Å². The largest absolute Gasteiger partial charge is 0.322 e. The molecule has 0 bridgehead atoms. The van der Waals surface area contributed by atoms with Crippen LogP contribution in [0.4, 0.5) is 0 Å². The van der Waals surface area contributed by atoms with E-state index in [0.29, 0.717) is 0 Å². The molecule has 1 aromatic heterocycles. The lowest BCUT2D eigenvalue weighted by atomic mass is 10.0. The second-order valence-corrected chi connectivity index (χ2v) is 3.99. The molecule has 0 radical (unpaired) electrons. The van der Waals surface area contributed by atoms with Crippen molar-refractivity contribution in [2.75, 3.05) is 0 Å². The van der Waals surface area contributed by atoms with Gasteiger partial charge in [0.05, 0.1) is 0 Å². The van der Waals surface area contributed by atoms with Crippen molar-refractivity contribution in [1.29, 1.82) is 0 Å². The molecule has 0 aliphatic carbocycles. The first kappa shape index (κ1) is 9.85. The van der Waals surface area contributed by atoms with E-state index in [9.17, 15) is 4.79 Å². The molecule has 3 aromatic rings. The van der Waals surface area contributed by atoms with Crippen LogP contribution in [-0.4, -0.2) is 4.98 Å². The molecule has 2 heteroatoms. The summed E-state index contributed by atoms with van der Waals surface area (Å²) in [5, 5.41) is 1.05. The molecule has 2 nitrogen and oxygen atoms in total. The van der Waals surface area contributed by atoms with Crippen LogP contribution in [0.25, 0.3) is 22.0 Å². The number of hydrogen-bond donors (Lipinski definition) is 1. The van der Waals surface area contributed by atoms with Gasteiger partial charge in [0.2, 0.25) is 5.56 Å². The van der Waals surface area contributed by atoms with Crippen LogP contribution in [0, 0.1) is 0 Å². The van der Waals surface area contributed by atoms with E-state index in [1.165, 1.54) is 0 Å². The van der Waals surface area contributed by atoms with Gasteiger partial charge in [0.25, 0.3) is 0 Å². The Kier molecular flexibility index (Phi) is 2.26. The number of aromatic nitrogens is 1. The summed E-state index contributed by atoms with van der Waals surface area (Å²) in [6, 6.07) is 19.6. The number of H-pyrrole nitrogens is 1. The van der Waals surface area contributed by atoms with E-state index in [-0.39, 0.29) is 5.56 Å². The van der Waals surface area contributed by atoms with Crippen molar-refractivity contribution < 1.29 is 0 Å². The minimum absolute atomic E-state index is 0.0669. The Balaban J connectivity index is 2.23. The molecular weight excluding hydrogens is 210 g/mol. The van der Waals surface area contributed by atoms with Crippen LogP contribution < -0.4 is 5.56 Å². The first-order chi connectivity index (χ1) is 8.33. The van der Waals surface area contributed by atoms with Gasteiger partial charge in [-0.2, -0.15) is 0 Å². The monoisotopic (exact) mass is 221 g/mol. The molecule has 0 saturated heterocycles. The number of rotatable bonds is 1. The highest BCUT2D eigenvalue weighted by molar-refractivity contribution is 5.83. The van der Waals surface area contributed by atoms with Gasteiger partial charge in [-0.05, 0) is 28.6 Å². The fourth-order valence-electron chi connectivity index (χ4n) is 1.96. The van der Waals surface area contributed by atoms with Crippen LogP contribution in [0.15, 0.2) is 65.5 Å². The van der Waals surface area contributed by atoms with Gasteiger partial charge in [-0.3, -0.25) is 4.79 Å². The van der Waals surface area contributed by atoms with Gasteiger partial charge in [-0.1, -0.05) is 42.5 Å². The van der Waals surface area contributed by atoms with E-state index >= 15 is 0 Å². The van der Waals surface area contributed by atoms with Crippen molar-refractivity contribution in [3.05, 3.63) is 71.0 Å². The molecular formula is C15H11NO. The second kappa shape index (κ2) is 3.91. The molecule has 0 aliphatic heterocycles. The van der Waals surface area contributed by atoms with Gasteiger partial charge < -0.3 is 4.98 Å². The van der Waals surface area contributed by atoms with Gasteiger partial charge in [0, 0.05) is 11.6 Å². The Hall–Kier alpha value is -2.35. The molecule has 82 valence electrons. The molecule has 17 heavy (non-hydrogen) atoms. The van der Waals surface area contributed by atoms with Crippen molar-refractivity contribution in [3.8, 4) is 11.1 Å². The molecule has 1 heterocycles. The zero-order chi connectivity index (χ0) is 11.7. The van der Waals surface area contributed by atoms with E-state index in [1.807, 2.05) is 36.4 Å². The molecule has 0 unspecified atom stereocenters. The molecule has 0 atom stereocenters. The summed E-state index contributed by atoms with van der Waals surface area (Å²) in [6.45, 7) is 0. The van der Waals surface area contributed by atoms with Crippen molar-refractivity contribution in [2.24, 2.45) is 0 Å². The Morgan fingerprint density at radius 2 is 1.53 bits per heavy atom. The number of pyridine rings is 1. The average molecular weight is 221 g/mol. The SMILES string of the molecule is O=c1ccc2ccc(-c3ccccc3)cc2[nH]1. The summed E-state index contributed by atoms with van der Waals surface area (Å²) in [4.78, 5) is 14.1. The quantitative estimate of drug-likeness (QED) is 0.672. The lowest BCUT2D eigenvalue weighted by Gasteiger charge is -2.03. The van der Waals surface area contributed by atoms with Gasteiger partial charge in [0.15, 0.2) is 0 Å². The molecule has 0 fully saturated rings. The highest BCUT2D eigenvalue weighted by atomic mass is 16.1. The van der Waals surface area contributed by atoms with Crippen molar-refractivity contribution in [1.82, 2.24) is 4.98 Å². The third kappa shape index (κ3) is 1.85. The van der Waals surface area contributed by atoms with Gasteiger partial charge >= 0.3 is 0 Å². The van der Waals surface area contributed by atoms with Crippen molar-refractivity contribution in [3.63, 3.8) is 0 Å². The fourth-order valence-corrected chi connectivity index (χ4v) is 1.96. The molecule has 1 N–H and O–H groups in total. The molecule has 2 aromatic carbocycles. The maximum Gasteiger partial charge on any atom is 0.248 e. The topological polar surface area (TPSA) is 32.9 Å². The number of fused-ring (bicyclic) bond motifs is 1. The van der Waals surface area contributed by atoms with E-state index in [4.69, 9.17) is 0 Å². The summed E-state index contributed by atoms with van der Waals surface area (Å²) in [5.41, 5.74) is 3.07. The van der Waals surface area contributed by atoms with Gasteiger partial charge in [-0.25, -0.2) is 0 Å². The summed E-state index contributed by atoms with van der Waals surface area (Å²) in [5.74, 6) is 0. The molecule has 0 spiro atoms. The predicted molar refractivity (Wildman–Crippen MR) is 70.0 cm³/mol. The number of nitrogens with one attached hydrogen (secondary N) is 1. The summed E-state index contributed by atoms with van der Waals surface area (Å²) < 4.78 is 0. The van der Waals surface area contributed by atoms with E-state index < -0.39 is 0 Å². The van der Waals surface area contributed by atoms with E-state index in [2.05, 4.69) is 23.2 Å². The van der Waals surface area contributed by atoms with Crippen LogP contribution in [0.1, 0.15) is 0 Å². The summed E-state index contributed by atoms with van der Waals surface area (Å²) in [7, 11) is 0. The lowest BCUT2D eigenvalue weighted by Crippen LogP contribution is -2.02. The highest BCUT2D eigenvalue weighted by Crippen LogP contribution is 2.22. The second-order valence-electron chi connectivity index (χ2n) is 3.99. The first-order valence-electron chi connectivity index (χ1n) is 5.51. The van der Waals surface area contributed by atoms with Crippen molar-refractivity contribution >= 4 is 10.9 Å². The van der Waals surface area contributed by atoms with Gasteiger partial charge in [0.1, 0.15) is 0 Å². The minimum atomic E-state index is -0.0669. The lowest BCUT2D eigenvalue weighted by molar-refractivity contribution is 1.31. The first-order valence-corrected chi connectivity index (χ1v) is 5.51. The minimum Gasteiger partial charge on any atom is -0.322 e. The zero-order valence-electron chi connectivity index (χ0n) is 9.18. The highest BCUT2D eigenvalue weighted by Gasteiger charge is 1.99. The zero-order valence-corrected chi connectivity index (χ0v) is 9.18.